The molecule has 320 valence electrons. The molecule has 4 N–H and O–H groups in total. The zero-order chi connectivity index (χ0) is 42.1. The molecule has 2 atom stereocenters. The van der Waals surface area contributed by atoms with Gasteiger partial charge in [0.1, 0.15) is 23.3 Å². The van der Waals surface area contributed by atoms with Crippen LogP contribution in [-0.2, 0) is 14.4 Å². The van der Waals surface area contributed by atoms with Gasteiger partial charge in [0.15, 0.2) is 5.82 Å². The molecular weight excluding hydrogens is 770 g/mol. The predicted octanol–water partition coefficient (Wildman–Crippen LogP) is 4.48. The van der Waals surface area contributed by atoms with Gasteiger partial charge in [-0.25, -0.2) is 9.37 Å². The van der Waals surface area contributed by atoms with Crippen molar-refractivity contribution < 1.29 is 33.4 Å². The van der Waals surface area contributed by atoms with Gasteiger partial charge >= 0.3 is 0 Å². The van der Waals surface area contributed by atoms with Crippen LogP contribution in [0.5, 0.6) is 5.75 Å². The number of aliphatic hydroxyl groups is 1. The van der Waals surface area contributed by atoms with E-state index in [9.17, 15) is 24.3 Å². The molecule has 1 aliphatic carbocycles. The normalized spacial score (nSPS) is 22.4. The second kappa shape index (κ2) is 17.3. The van der Waals surface area contributed by atoms with Crippen molar-refractivity contribution in [3.05, 3.63) is 59.5 Å². The van der Waals surface area contributed by atoms with Crippen LogP contribution in [0.25, 0.3) is 0 Å². The average Bonchev–Trinajstić information content (AvgIpc) is 3.77. The van der Waals surface area contributed by atoms with Crippen molar-refractivity contribution in [2.24, 2.45) is 5.92 Å². The number of aliphatic hydroxyl groups excluding tert-OH is 1. The van der Waals surface area contributed by atoms with E-state index in [0.717, 1.165) is 50.9 Å². The van der Waals surface area contributed by atoms with Crippen molar-refractivity contribution in [2.75, 3.05) is 73.5 Å². The Balaban J connectivity index is 0.865. The fourth-order valence-corrected chi connectivity index (χ4v) is 9.99. The zero-order valence-corrected chi connectivity index (χ0v) is 34.7. The Morgan fingerprint density at radius 1 is 1.03 bits per heavy atom. The molecular formula is C44H56FN9O6. The number of aromatic nitrogens is 2. The number of benzene rings is 2. The molecule has 5 aliphatic rings. The number of nitrogens with zero attached hydrogens (tertiary/aromatic N) is 6. The van der Waals surface area contributed by atoms with E-state index in [1.165, 1.54) is 6.07 Å². The SMILES string of the molecule is CC[C@@H]1C(=O)N(C)c2cnc(Nc3ccc(C(=O)NC4(CCO)CN(CC5CCN(c6ccc(C7CCC(=O)NC7=O)cc6F)CC5)C4)cc3OC)nc2N1C1CCCC1. The number of hydrogen-bond donors (Lipinski definition) is 4. The van der Waals surface area contributed by atoms with E-state index in [1.54, 1.807) is 55.6 Å². The largest absolute Gasteiger partial charge is 0.495 e. The maximum Gasteiger partial charge on any atom is 0.251 e. The minimum absolute atomic E-state index is 0.0532. The first-order valence-electron chi connectivity index (χ1n) is 21.4. The summed E-state index contributed by atoms with van der Waals surface area (Å²) in [6.07, 6.45) is 9.48. The molecule has 60 heavy (non-hydrogen) atoms. The molecule has 4 amide bonds. The van der Waals surface area contributed by atoms with Gasteiger partial charge < -0.3 is 35.2 Å². The second-order valence-corrected chi connectivity index (χ2v) is 17.1. The minimum Gasteiger partial charge on any atom is -0.495 e. The lowest BCUT2D eigenvalue weighted by Gasteiger charge is -2.52. The van der Waals surface area contributed by atoms with E-state index in [-0.39, 0.29) is 54.6 Å². The highest BCUT2D eigenvalue weighted by molar-refractivity contribution is 6.04. The number of carbonyl (C=O) groups is 4. The van der Waals surface area contributed by atoms with E-state index < -0.39 is 11.5 Å². The molecule has 8 rings (SSSR count). The molecule has 3 aromatic rings. The highest BCUT2D eigenvalue weighted by Gasteiger charge is 2.45. The van der Waals surface area contributed by atoms with Crippen molar-refractivity contribution in [1.82, 2.24) is 25.5 Å². The maximum atomic E-state index is 15.3. The summed E-state index contributed by atoms with van der Waals surface area (Å²) in [5.74, 6) is 0.183. The molecule has 1 unspecified atom stereocenters. The number of halogens is 1. The average molecular weight is 826 g/mol. The highest BCUT2D eigenvalue weighted by Crippen LogP contribution is 2.41. The first-order chi connectivity index (χ1) is 29.0. The third kappa shape index (κ3) is 8.23. The number of hydrogen-bond acceptors (Lipinski definition) is 12. The lowest BCUT2D eigenvalue weighted by atomic mass is 9.84. The number of fused-ring (bicyclic) bond motifs is 1. The smallest absolute Gasteiger partial charge is 0.251 e. The molecule has 5 heterocycles. The molecule has 3 saturated heterocycles. The number of piperidine rings is 2. The Hall–Kier alpha value is -5.35. The van der Waals surface area contributed by atoms with Gasteiger partial charge in [-0.2, -0.15) is 4.98 Å². The number of methoxy groups -OCH3 is 1. The summed E-state index contributed by atoms with van der Waals surface area (Å²) >= 11 is 0. The Morgan fingerprint density at radius 3 is 2.48 bits per heavy atom. The number of amides is 4. The summed E-state index contributed by atoms with van der Waals surface area (Å²) in [5.41, 5.74) is 2.23. The zero-order valence-electron chi connectivity index (χ0n) is 34.7. The number of rotatable bonds is 13. The predicted molar refractivity (Wildman–Crippen MR) is 225 cm³/mol. The molecule has 2 aromatic carbocycles. The van der Waals surface area contributed by atoms with Crippen molar-refractivity contribution in [3.63, 3.8) is 0 Å². The number of ether oxygens (including phenoxy) is 1. The molecule has 4 aliphatic heterocycles. The second-order valence-electron chi connectivity index (χ2n) is 17.1. The van der Waals surface area contributed by atoms with Gasteiger partial charge in [-0.05, 0) is 86.8 Å². The first kappa shape index (κ1) is 41.4. The van der Waals surface area contributed by atoms with Gasteiger partial charge in [0, 0.05) is 64.4 Å². The van der Waals surface area contributed by atoms with Crippen LogP contribution in [0.3, 0.4) is 0 Å². The lowest BCUT2D eigenvalue weighted by Crippen LogP contribution is -2.71. The summed E-state index contributed by atoms with van der Waals surface area (Å²) in [6.45, 7) is 5.44. The Kier molecular flexibility index (Phi) is 12.0. The molecule has 0 radical (unpaired) electrons. The fraction of sp³-hybridized carbons (Fsp3) is 0.545. The number of imide groups is 1. The van der Waals surface area contributed by atoms with E-state index in [0.29, 0.717) is 91.2 Å². The molecule has 15 nitrogen and oxygen atoms in total. The number of nitrogens with one attached hydrogen (secondary N) is 3. The number of carbonyl (C=O) groups excluding carboxylic acids is 4. The first-order valence-corrected chi connectivity index (χ1v) is 21.4. The molecule has 4 fully saturated rings. The molecule has 0 spiro atoms. The molecule has 1 aromatic heterocycles. The van der Waals surface area contributed by atoms with Crippen LogP contribution < -0.4 is 35.4 Å². The van der Waals surface area contributed by atoms with Gasteiger partial charge in [0.25, 0.3) is 5.91 Å². The summed E-state index contributed by atoms with van der Waals surface area (Å²) < 4.78 is 21.0. The highest BCUT2D eigenvalue weighted by atomic mass is 19.1. The fourth-order valence-electron chi connectivity index (χ4n) is 9.99. The van der Waals surface area contributed by atoms with Crippen LogP contribution in [-0.4, -0.2) is 115 Å². The summed E-state index contributed by atoms with van der Waals surface area (Å²) in [5, 5.41) is 18.8. The van der Waals surface area contributed by atoms with Crippen LogP contribution in [0.15, 0.2) is 42.6 Å². The Bertz CT molecular complexity index is 2120. The Labute approximate surface area is 350 Å². The van der Waals surface area contributed by atoms with Crippen molar-refractivity contribution in [3.8, 4) is 5.75 Å². The molecule has 16 heteroatoms. The number of anilines is 5. The van der Waals surface area contributed by atoms with E-state index >= 15 is 4.39 Å². The third-order valence-corrected chi connectivity index (χ3v) is 13.2. The van der Waals surface area contributed by atoms with Crippen LogP contribution in [0, 0.1) is 11.7 Å². The van der Waals surface area contributed by atoms with Gasteiger partial charge in [0.2, 0.25) is 23.7 Å². The number of likely N-dealkylation sites (N-methyl/N-ethyl adjacent to an activating group) is 1. The lowest BCUT2D eigenvalue weighted by molar-refractivity contribution is -0.134. The van der Waals surface area contributed by atoms with Crippen molar-refractivity contribution in [2.45, 2.75) is 94.7 Å². The number of likely N-dealkylation sites (tertiary alicyclic amines) is 1. The quantitative estimate of drug-likeness (QED) is 0.179. The van der Waals surface area contributed by atoms with E-state index in [1.807, 2.05) is 6.92 Å². The van der Waals surface area contributed by atoms with Gasteiger partial charge in [-0.15, -0.1) is 0 Å². The Morgan fingerprint density at radius 2 is 1.80 bits per heavy atom. The summed E-state index contributed by atoms with van der Waals surface area (Å²) in [6, 6.07) is 10.1. The summed E-state index contributed by atoms with van der Waals surface area (Å²) in [7, 11) is 3.32. The maximum absolute atomic E-state index is 15.3. The van der Waals surface area contributed by atoms with Crippen LogP contribution >= 0.6 is 0 Å². The van der Waals surface area contributed by atoms with E-state index in [2.05, 4.69) is 35.6 Å². The molecule has 1 saturated carbocycles. The standard InChI is InChI=1S/C44H56FN9O6/c1-4-34-42(59)51(2)36-23-46-43(49-39(36)54(34)30-7-5-6-8-30)47-33-12-9-29(22-37(33)60-3)40(57)50-44(17-20-55)25-52(26-44)24-27-15-18-53(19-16-27)35-13-10-28(21-32(35)45)31-11-14-38(56)48-41(31)58/h9-10,12-13,21-23,27,30-31,34,55H,4-8,11,14-20,24-26H2,1-3H3,(H,50,57)(H,46,47,49)(H,48,56,58)/t31?,34-/m1/s1. The topological polar surface area (TPSA) is 173 Å². The van der Waals surface area contributed by atoms with Crippen molar-refractivity contribution in [1.29, 1.82) is 0 Å². The van der Waals surface area contributed by atoms with Gasteiger partial charge in [-0.1, -0.05) is 25.8 Å². The third-order valence-electron chi connectivity index (χ3n) is 13.2. The minimum atomic E-state index is -0.572. The van der Waals surface area contributed by atoms with Gasteiger partial charge in [0.05, 0.1) is 36.1 Å². The summed E-state index contributed by atoms with van der Waals surface area (Å²) in [4.78, 5) is 68.6. The molecule has 0 bridgehead atoms. The van der Waals surface area contributed by atoms with Gasteiger partial charge in [-0.3, -0.25) is 29.4 Å². The monoisotopic (exact) mass is 825 g/mol. The van der Waals surface area contributed by atoms with Crippen LogP contribution in [0.1, 0.15) is 93.0 Å². The van der Waals surface area contributed by atoms with Crippen molar-refractivity contribution >= 4 is 52.5 Å². The van der Waals surface area contributed by atoms with E-state index in [4.69, 9.17) is 9.72 Å². The van der Waals surface area contributed by atoms with Crippen LogP contribution in [0.2, 0.25) is 0 Å². The van der Waals surface area contributed by atoms with Crippen LogP contribution in [0.4, 0.5) is 33.2 Å².